The number of nitrogens with zero attached hydrogens (tertiary/aromatic N) is 1. The number of nitrogens with one attached hydrogen (secondary N) is 1. The molecule has 26 heavy (non-hydrogen) atoms. The summed E-state index contributed by atoms with van der Waals surface area (Å²) in [4.78, 5) is 12.4. The number of H-pyrrole nitrogens is 1. The summed E-state index contributed by atoms with van der Waals surface area (Å²) >= 11 is 0. The molecule has 0 aliphatic carbocycles. The number of benzene rings is 2. The Bertz CT molecular complexity index is 1020. The largest absolute Gasteiger partial charge is 0.454 e. The molecule has 4 rings (SSSR count). The van der Waals surface area contributed by atoms with E-state index in [4.69, 9.17) is 9.47 Å². The van der Waals surface area contributed by atoms with Gasteiger partial charge in [-0.3, -0.25) is 9.89 Å². The van der Waals surface area contributed by atoms with Crippen LogP contribution < -0.4 is 9.47 Å². The smallest absolute Gasteiger partial charge is 0.231 e. The van der Waals surface area contributed by atoms with E-state index >= 15 is 0 Å². The van der Waals surface area contributed by atoms with Crippen molar-refractivity contribution in [3.8, 4) is 22.8 Å². The number of rotatable bonds is 4. The summed E-state index contributed by atoms with van der Waals surface area (Å²) < 4.78 is 10.6. The zero-order valence-corrected chi connectivity index (χ0v) is 14.6. The molecule has 0 unspecified atom stereocenters. The molecule has 3 aromatic rings. The van der Waals surface area contributed by atoms with Crippen LogP contribution in [-0.4, -0.2) is 22.8 Å². The fourth-order valence-corrected chi connectivity index (χ4v) is 2.78. The molecule has 0 bridgehead atoms. The van der Waals surface area contributed by atoms with E-state index in [-0.39, 0.29) is 12.6 Å². The van der Waals surface area contributed by atoms with Crippen molar-refractivity contribution in [2.75, 3.05) is 6.79 Å². The van der Waals surface area contributed by atoms with Crippen LogP contribution in [0, 0.1) is 13.8 Å². The Hall–Kier alpha value is -3.34. The minimum atomic E-state index is -0.106. The second-order valence-electron chi connectivity index (χ2n) is 6.27. The van der Waals surface area contributed by atoms with Gasteiger partial charge < -0.3 is 9.47 Å². The maximum atomic E-state index is 12.4. The minimum Gasteiger partial charge on any atom is -0.454 e. The Balaban J connectivity index is 1.51. The number of carbonyl (C=O) groups is 1. The van der Waals surface area contributed by atoms with Crippen LogP contribution >= 0.6 is 0 Å². The SMILES string of the molecule is Cc1ccc(-c2cc(C=CC(=O)c3ccc4c(c3)OCO4)[nH]n2)cc1C. The molecule has 0 spiro atoms. The second-order valence-corrected chi connectivity index (χ2v) is 6.27. The zero-order valence-electron chi connectivity index (χ0n) is 14.6. The summed E-state index contributed by atoms with van der Waals surface area (Å²) in [6.45, 7) is 4.36. The van der Waals surface area contributed by atoms with Crippen molar-refractivity contribution in [3.05, 3.63) is 70.9 Å². The number of aromatic amines is 1. The van der Waals surface area contributed by atoms with Gasteiger partial charge in [-0.2, -0.15) is 5.10 Å². The summed E-state index contributed by atoms with van der Waals surface area (Å²) in [5.74, 6) is 1.16. The molecular formula is C21H18N2O3. The summed E-state index contributed by atoms with van der Waals surface area (Å²) in [5.41, 5.74) is 5.69. The third-order valence-electron chi connectivity index (χ3n) is 4.47. The lowest BCUT2D eigenvalue weighted by atomic mass is 10.0. The van der Waals surface area contributed by atoms with Gasteiger partial charge in [0.05, 0.1) is 11.4 Å². The van der Waals surface area contributed by atoms with Crippen molar-refractivity contribution < 1.29 is 14.3 Å². The summed E-state index contributed by atoms with van der Waals surface area (Å²) in [6.07, 6.45) is 3.25. The maximum Gasteiger partial charge on any atom is 0.231 e. The van der Waals surface area contributed by atoms with E-state index in [1.807, 2.05) is 12.1 Å². The lowest BCUT2D eigenvalue weighted by Gasteiger charge is -2.01. The van der Waals surface area contributed by atoms with E-state index in [1.165, 1.54) is 17.2 Å². The van der Waals surface area contributed by atoms with Gasteiger partial charge in [0.2, 0.25) is 6.79 Å². The molecule has 1 aromatic heterocycles. The molecule has 5 nitrogen and oxygen atoms in total. The molecule has 0 saturated heterocycles. The van der Waals surface area contributed by atoms with Crippen molar-refractivity contribution in [1.29, 1.82) is 0 Å². The van der Waals surface area contributed by atoms with E-state index in [2.05, 4.69) is 36.2 Å². The van der Waals surface area contributed by atoms with Crippen LogP contribution in [0.1, 0.15) is 27.2 Å². The number of hydrogen-bond donors (Lipinski definition) is 1. The van der Waals surface area contributed by atoms with Crippen LogP contribution in [0.25, 0.3) is 17.3 Å². The standard InChI is InChI=1S/C21H18N2O3/c1-13-3-4-15(9-14(13)2)18-11-17(22-23-18)6-7-19(24)16-5-8-20-21(10-16)26-12-25-20/h3-11H,12H2,1-2H3,(H,22,23). The van der Waals surface area contributed by atoms with E-state index in [9.17, 15) is 4.79 Å². The second kappa shape index (κ2) is 6.52. The van der Waals surface area contributed by atoms with Crippen molar-refractivity contribution in [3.63, 3.8) is 0 Å². The van der Waals surface area contributed by atoms with Crippen LogP contribution in [-0.2, 0) is 0 Å². The minimum absolute atomic E-state index is 0.106. The van der Waals surface area contributed by atoms with Gasteiger partial charge >= 0.3 is 0 Å². The van der Waals surface area contributed by atoms with Gasteiger partial charge in [0, 0.05) is 11.1 Å². The van der Waals surface area contributed by atoms with Crippen molar-refractivity contribution in [1.82, 2.24) is 10.2 Å². The van der Waals surface area contributed by atoms with Crippen LogP contribution in [0.2, 0.25) is 0 Å². The quantitative estimate of drug-likeness (QED) is 0.564. The number of fused-ring (bicyclic) bond motifs is 1. The number of aromatic nitrogens is 2. The van der Waals surface area contributed by atoms with E-state index in [0.717, 1.165) is 17.0 Å². The highest BCUT2D eigenvalue weighted by Gasteiger charge is 2.15. The number of allylic oxidation sites excluding steroid dienone is 1. The Kier molecular flexibility index (Phi) is 4.05. The number of hydrogen-bond acceptors (Lipinski definition) is 4. The Morgan fingerprint density at radius 2 is 1.88 bits per heavy atom. The Labute approximate surface area is 151 Å². The average molecular weight is 346 g/mol. The highest BCUT2D eigenvalue weighted by Crippen LogP contribution is 2.32. The van der Waals surface area contributed by atoms with Crippen molar-refractivity contribution in [2.45, 2.75) is 13.8 Å². The molecule has 0 amide bonds. The summed E-state index contributed by atoms with van der Waals surface area (Å²) in [5, 5.41) is 7.28. The molecule has 1 aliphatic rings. The topological polar surface area (TPSA) is 64.2 Å². The Morgan fingerprint density at radius 1 is 1.04 bits per heavy atom. The van der Waals surface area contributed by atoms with Gasteiger partial charge in [0.1, 0.15) is 0 Å². The highest BCUT2D eigenvalue weighted by molar-refractivity contribution is 6.07. The maximum absolute atomic E-state index is 12.4. The van der Waals surface area contributed by atoms with Gasteiger partial charge in [0.25, 0.3) is 0 Å². The van der Waals surface area contributed by atoms with Crippen LogP contribution in [0.3, 0.4) is 0 Å². The van der Waals surface area contributed by atoms with Crippen LogP contribution in [0.5, 0.6) is 11.5 Å². The van der Waals surface area contributed by atoms with Crippen LogP contribution in [0.4, 0.5) is 0 Å². The van der Waals surface area contributed by atoms with E-state index in [0.29, 0.717) is 17.1 Å². The molecule has 1 N–H and O–H groups in total. The lowest BCUT2D eigenvalue weighted by molar-refractivity contribution is 0.104. The number of carbonyl (C=O) groups excluding carboxylic acids is 1. The fourth-order valence-electron chi connectivity index (χ4n) is 2.78. The monoisotopic (exact) mass is 346 g/mol. The van der Waals surface area contributed by atoms with E-state index < -0.39 is 0 Å². The molecule has 0 radical (unpaired) electrons. The molecule has 5 heteroatoms. The number of ketones is 1. The normalized spacial score (nSPS) is 12.7. The first-order chi connectivity index (χ1) is 12.6. The van der Waals surface area contributed by atoms with Gasteiger partial charge in [-0.05, 0) is 67.5 Å². The molecule has 0 atom stereocenters. The number of aryl methyl sites for hydroxylation is 2. The Morgan fingerprint density at radius 3 is 2.73 bits per heavy atom. The third-order valence-corrected chi connectivity index (χ3v) is 4.47. The van der Waals surface area contributed by atoms with E-state index in [1.54, 1.807) is 24.3 Å². The highest BCUT2D eigenvalue weighted by atomic mass is 16.7. The van der Waals surface area contributed by atoms with Gasteiger partial charge in [-0.25, -0.2) is 0 Å². The average Bonchev–Trinajstić information content (AvgIpc) is 3.30. The first-order valence-corrected chi connectivity index (χ1v) is 8.35. The van der Waals surface area contributed by atoms with Crippen molar-refractivity contribution >= 4 is 11.9 Å². The molecule has 2 heterocycles. The van der Waals surface area contributed by atoms with Gasteiger partial charge in [0.15, 0.2) is 17.3 Å². The molecule has 1 aliphatic heterocycles. The molecule has 130 valence electrons. The predicted octanol–water partition coefficient (Wildman–Crippen LogP) is 4.32. The zero-order chi connectivity index (χ0) is 18.1. The number of ether oxygens (including phenoxy) is 2. The predicted molar refractivity (Wildman–Crippen MR) is 99.4 cm³/mol. The van der Waals surface area contributed by atoms with Crippen molar-refractivity contribution in [2.24, 2.45) is 0 Å². The first kappa shape index (κ1) is 16.1. The third kappa shape index (κ3) is 3.11. The molecule has 0 saturated carbocycles. The molecule has 0 fully saturated rings. The first-order valence-electron chi connectivity index (χ1n) is 8.35. The molecule has 2 aromatic carbocycles. The fraction of sp³-hybridized carbons (Fsp3) is 0.143. The molecular weight excluding hydrogens is 328 g/mol. The van der Waals surface area contributed by atoms with Gasteiger partial charge in [-0.1, -0.05) is 12.1 Å². The summed E-state index contributed by atoms with van der Waals surface area (Å²) in [6, 6.07) is 13.3. The van der Waals surface area contributed by atoms with Gasteiger partial charge in [-0.15, -0.1) is 0 Å². The van der Waals surface area contributed by atoms with Crippen LogP contribution in [0.15, 0.2) is 48.5 Å². The lowest BCUT2D eigenvalue weighted by Crippen LogP contribution is -1.94. The summed E-state index contributed by atoms with van der Waals surface area (Å²) in [7, 11) is 0.